The lowest BCUT2D eigenvalue weighted by atomic mass is 9.85. The van der Waals surface area contributed by atoms with Crippen LogP contribution in [0.25, 0.3) is 0 Å². The smallest absolute Gasteiger partial charge is 0.230 e. The topological polar surface area (TPSA) is 60.0 Å². The van der Waals surface area contributed by atoms with Crippen molar-refractivity contribution >= 4 is 17.6 Å². The molecule has 1 aromatic rings. The van der Waals surface area contributed by atoms with Gasteiger partial charge in [-0.1, -0.05) is 31.0 Å². The number of anilines is 1. The number of para-hydroxylation sites is 1. The fourth-order valence-electron chi connectivity index (χ4n) is 3.69. The first-order valence-electron chi connectivity index (χ1n) is 9.98. The van der Waals surface area contributed by atoms with Gasteiger partial charge in [0.2, 0.25) is 5.91 Å². The van der Waals surface area contributed by atoms with Gasteiger partial charge in [0.05, 0.1) is 12.0 Å². The highest BCUT2D eigenvalue weighted by Crippen LogP contribution is 2.39. The van der Waals surface area contributed by atoms with E-state index in [1.807, 2.05) is 32.3 Å². The summed E-state index contributed by atoms with van der Waals surface area (Å²) in [5, 5.41) is 6.70. The lowest BCUT2D eigenvalue weighted by Crippen LogP contribution is -2.44. The predicted octanol–water partition coefficient (Wildman–Crippen LogP) is 2.33. The Bertz CT molecular complexity index is 608. The second-order valence-electron chi connectivity index (χ2n) is 7.57. The van der Waals surface area contributed by atoms with E-state index in [9.17, 15) is 4.79 Å². The van der Waals surface area contributed by atoms with Crippen LogP contribution in [0.4, 0.5) is 5.69 Å². The van der Waals surface area contributed by atoms with Gasteiger partial charge in [0.15, 0.2) is 5.96 Å². The molecule has 0 aliphatic heterocycles. The van der Waals surface area contributed by atoms with Crippen LogP contribution >= 0.6 is 0 Å². The molecule has 1 aromatic carbocycles. The fourth-order valence-corrected chi connectivity index (χ4v) is 3.69. The minimum Gasteiger partial charge on any atom is -0.373 e. The molecule has 2 rings (SSSR count). The number of aliphatic imine (C=N–C) groups is 1. The van der Waals surface area contributed by atoms with Crippen molar-refractivity contribution in [1.29, 1.82) is 0 Å². The average Bonchev–Trinajstić information content (AvgIpc) is 3.16. The van der Waals surface area contributed by atoms with Crippen LogP contribution in [0, 0.1) is 5.41 Å². The molecule has 0 heterocycles. The van der Waals surface area contributed by atoms with Crippen LogP contribution in [0.5, 0.6) is 0 Å². The zero-order valence-electron chi connectivity index (χ0n) is 17.3. The van der Waals surface area contributed by atoms with Crippen LogP contribution in [-0.2, 0) is 4.79 Å². The van der Waals surface area contributed by atoms with Crippen molar-refractivity contribution in [3.8, 4) is 0 Å². The van der Waals surface area contributed by atoms with Gasteiger partial charge in [0.25, 0.3) is 0 Å². The largest absolute Gasteiger partial charge is 0.373 e. The second kappa shape index (κ2) is 10.2. The van der Waals surface area contributed by atoms with Gasteiger partial charge in [-0.25, -0.2) is 0 Å². The molecule has 0 atom stereocenters. The summed E-state index contributed by atoms with van der Waals surface area (Å²) in [6.45, 7) is 5.06. The number of rotatable bonds is 8. The Hall–Kier alpha value is -2.24. The predicted molar refractivity (Wildman–Crippen MR) is 113 cm³/mol. The number of carbonyl (C=O) groups excluding carboxylic acids is 1. The van der Waals surface area contributed by atoms with Crippen molar-refractivity contribution in [2.75, 3.05) is 52.2 Å². The van der Waals surface area contributed by atoms with E-state index in [4.69, 9.17) is 4.99 Å². The van der Waals surface area contributed by atoms with Crippen LogP contribution < -0.4 is 15.5 Å². The Labute approximate surface area is 164 Å². The maximum absolute atomic E-state index is 12.7. The Morgan fingerprint density at radius 1 is 1.11 bits per heavy atom. The minimum atomic E-state index is -0.327. The highest BCUT2D eigenvalue weighted by atomic mass is 16.2. The first-order chi connectivity index (χ1) is 13.0. The van der Waals surface area contributed by atoms with Crippen LogP contribution in [-0.4, -0.2) is 64.1 Å². The molecule has 2 N–H and O–H groups in total. The summed E-state index contributed by atoms with van der Waals surface area (Å²) >= 11 is 0. The Morgan fingerprint density at radius 3 is 2.37 bits per heavy atom. The van der Waals surface area contributed by atoms with E-state index in [-0.39, 0.29) is 11.3 Å². The number of guanidine groups is 1. The Morgan fingerprint density at radius 2 is 1.78 bits per heavy atom. The van der Waals surface area contributed by atoms with E-state index in [0.29, 0.717) is 6.54 Å². The molecule has 1 aliphatic rings. The van der Waals surface area contributed by atoms with Gasteiger partial charge < -0.3 is 20.4 Å². The molecule has 1 amide bonds. The number of carbonyl (C=O) groups is 1. The molecule has 0 saturated heterocycles. The first kappa shape index (κ1) is 21.1. The summed E-state index contributed by atoms with van der Waals surface area (Å²) in [6.07, 6.45) is 4.09. The van der Waals surface area contributed by atoms with Crippen molar-refractivity contribution in [2.45, 2.75) is 32.6 Å². The van der Waals surface area contributed by atoms with Crippen molar-refractivity contribution in [3.05, 3.63) is 30.3 Å². The zero-order chi connectivity index (χ0) is 19.7. The molecular weight excluding hydrogens is 338 g/mol. The minimum absolute atomic E-state index is 0.211. The van der Waals surface area contributed by atoms with E-state index < -0.39 is 0 Å². The lowest BCUT2D eigenvalue weighted by molar-refractivity contribution is -0.138. The number of hydrogen-bond donors (Lipinski definition) is 2. The third-order valence-corrected chi connectivity index (χ3v) is 5.24. The summed E-state index contributed by atoms with van der Waals surface area (Å²) < 4.78 is 0. The molecular formula is C21H35N5O. The summed E-state index contributed by atoms with van der Waals surface area (Å²) in [5.41, 5.74) is 0.870. The van der Waals surface area contributed by atoms with Gasteiger partial charge in [-0.2, -0.15) is 0 Å². The van der Waals surface area contributed by atoms with Gasteiger partial charge in [-0.15, -0.1) is 0 Å². The molecule has 0 radical (unpaired) electrons. The second-order valence-corrected chi connectivity index (χ2v) is 7.57. The molecule has 0 unspecified atom stereocenters. The van der Waals surface area contributed by atoms with Crippen molar-refractivity contribution in [3.63, 3.8) is 0 Å². The van der Waals surface area contributed by atoms with Gasteiger partial charge >= 0.3 is 0 Å². The van der Waals surface area contributed by atoms with Crippen molar-refractivity contribution in [1.82, 2.24) is 15.5 Å². The molecule has 1 aliphatic carbocycles. The number of nitrogens with zero attached hydrogens (tertiary/aromatic N) is 3. The number of likely N-dealkylation sites (N-methyl/N-ethyl adjacent to an activating group) is 1. The lowest BCUT2D eigenvalue weighted by Gasteiger charge is -2.29. The van der Waals surface area contributed by atoms with Gasteiger partial charge in [0.1, 0.15) is 0 Å². The average molecular weight is 374 g/mol. The van der Waals surface area contributed by atoms with Crippen LogP contribution in [0.2, 0.25) is 0 Å². The highest BCUT2D eigenvalue weighted by Gasteiger charge is 2.42. The van der Waals surface area contributed by atoms with E-state index in [1.165, 1.54) is 5.69 Å². The third-order valence-electron chi connectivity index (χ3n) is 5.24. The van der Waals surface area contributed by atoms with E-state index in [0.717, 1.165) is 51.3 Å². The van der Waals surface area contributed by atoms with Crippen LogP contribution in [0.3, 0.4) is 0 Å². The molecule has 0 spiro atoms. The zero-order valence-corrected chi connectivity index (χ0v) is 17.3. The van der Waals surface area contributed by atoms with Gasteiger partial charge in [0, 0.05) is 46.5 Å². The first-order valence-corrected chi connectivity index (χ1v) is 9.98. The van der Waals surface area contributed by atoms with E-state index in [2.05, 4.69) is 41.6 Å². The number of benzene rings is 1. The molecule has 0 bridgehead atoms. The molecule has 6 heteroatoms. The van der Waals surface area contributed by atoms with E-state index >= 15 is 0 Å². The molecule has 0 aromatic heterocycles. The SMILES string of the molecule is CCNC(=NCC1(C(=O)N(C)C)CCCC1)NCCN(C)c1ccccc1. The maximum atomic E-state index is 12.7. The van der Waals surface area contributed by atoms with Gasteiger partial charge in [-0.3, -0.25) is 9.79 Å². The Balaban J connectivity index is 1.94. The number of nitrogens with one attached hydrogen (secondary N) is 2. The standard InChI is InChI=1S/C21H35N5O/c1-5-22-20(23-15-16-26(4)18-11-7-6-8-12-18)24-17-21(13-9-10-14-21)19(27)25(2)3/h6-8,11-12H,5,9-10,13-17H2,1-4H3,(H2,22,23,24). The fraction of sp³-hybridized carbons (Fsp3) is 0.619. The number of hydrogen-bond acceptors (Lipinski definition) is 3. The molecule has 6 nitrogen and oxygen atoms in total. The summed E-state index contributed by atoms with van der Waals surface area (Å²) in [4.78, 5) is 21.4. The molecule has 27 heavy (non-hydrogen) atoms. The molecule has 1 saturated carbocycles. The van der Waals surface area contributed by atoms with E-state index in [1.54, 1.807) is 4.90 Å². The van der Waals surface area contributed by atoms with Crippen molar-refractivity contribution in [2.24, 2.45) is 10.4 Å². The summed E-state index contributed by atoms with van der Waals surface area (Å²) in [6, 6.07) is 10.3. The third kappa shape index (κ3) is 5.88. The molecule has 1 fully saturated rings. The van der Waals surface area contributed by atoms with Crippen LogP contribution in [0.1, 0.15) is 32.6 Å². The van der Waals surface area contributed by atoms with Crippen molar-refractivity contribution < 1.29 is 4.79 Å². The quantitative estimate of drug-likeness (QED) is 0.542. The van der Waals surface area contributed by atoms with Gasteiger partial charge in [-0.05, 0) is 31.9 Å². The maximum Gasteiger partial charge on any atom is 0.230 e. The monoisotopic (exact) mass is 373 g/mol. The Kier molecular flexibility index (Phi) is 7.95. The highest BCUT2D eigenvalue weighted by molar-refractivity contribution is 5.84. The normalized spacial score (nSPS) is 16.1. The molecule has 150 valence electrons. The number of amides is 1. The summed E-state index contributed by atoms with van der Waals surface area (Å²) in [7, 11) is 5.77. The summed E-state index contributed by atoms with van der Waals surface area (Å²) in [5.74, 6) is 1.00. The van der Waals surface area contributed by atoms with Crippen LogP contribution in [0.15, 0.2) is 35.3 Å².